The molecule has 28 heavy (non-hydrogen) atoms. The maximum atomic E-state index is 12.6. The lowest BCUT2D eigenvalue weighted by Gasteiger charge is -2.30. The van der Waals surface area contributed by atoms with E-state index in [1.807, 2.05) is 6.07 Å². The van der Waals surface area contributed by atoms with Gasteiger partial charge in [0.2, 0.25) is 0 Å². The summed E-state index contributed by atoms with van der Waals surface area (Å²) in [5.74, 6) is 0.679. The highest BCUT2D eigenvalue weighted by molar-refractivity contribution is 6.06. The summed E-state index contributed by atoms with van der Waals surface area (Å²) in [5.41, 5.74) is 3.00. The summed E-state index contributed by atoms with van der Waals surface area (Å²) in [6.07, 6.45) is 9.39. The lowest BCUT2D eigenvalue weighted by molar-refractivity contribution is 0.0952. The molecule has 1 atom stereocenters. The molecule has 1 saturated heterocycles. The molecule has 0 bridgehead atoms. The highest BCUT2D eigenvalue weighted by Crippen LogP contribution is 2.18. The van der Waals surface area contributed by atoms with Crippen molar-refractivity contribution in [3.8, 4) is 0 Å². The largest absolute Gasteiger partial charge is 0.348 e. The van der Waals surface area contributed by atoms with E-state index >= 15 is 0 Å². The Bertz CT molecular complexity index is 949. The van der Waals surface area contributed by atoms with Crippen LogP contribution in [0.3, 0.4) is 0 Å². The van der Waals surface area contributed by atoms with Crippen molar-refractivity contribution in [1.82, 2.24) is 20.2 Å². The van der Waals surface area contributed by atoms with E-state index < -0.39 is 0 Å². The fourth-order valence-electron chi connectivity index (χ4n) is 3.93. The lowest BCUT2D eigenvalue weighted by atomic mass is 9.99. The molecule has 1 aliphatic rings. The summed E-state index contributed by atoms with van der Waals surface area (Å²) in [6.45, 7) is 6.22. The van der Waals surface area contributed by atoms with Gasteiger partial charge in [0.1, 0.15) is 0 Å². The minimum Gasteiger partial charge on any atom is -0.348 e. The van der Waals surface area contributed by atoms with Gasteiger partial charge in [-0.05, 0) is 42.5 Å². The molecule has 4 rings (SSSR count). The van der Waals surface area contributed by atoms with Crippen molar-refractivity contribution < 1.29 is 4.79 Å². The van der Waals surface area contributed by atoms with Crippen LogP contribution in [-0.2, 0) is 13.1 Å². The maximum Gasteiger partial charge on any atom is 0.253 e. The molecule has 0 spiro atoms. The summed E-state index contributed by atoms with van der Waals surface area (Å²) in [5, 5.41) is 4.74. The number of rotatable bonds is 5. The first kappa shape index (κ1) is 18.6. The summed E-state index contributed by atoms with van der Waals surface area (Å²) in [6, 6.07) is 10.4. The molecule has 1 unspecified atom stereocenters. The van der Waals surface area contributed by atoms with E-state index in [0.29, 0.717) is 12.1 Å². The Kier molecular flexibility index (Phi) is 5.63. The molecular formula is C23H26N4O. The monoisotopic (exact) mass is 374 g/mol. The number of benzene rings is 1. The zero-order valence-electron chi connectivity index (χ0n) is 16.3. The summed E-state index contributed by atoms with van der Waals surface area (Å²) in [7, 11) is 0. The van der Waals surface area contributed by atoms with Gasteiger partial charge in [-0.1, -0.05) is 31.2 Å². The SMILES string of the molecule is CC1CCCN(Cc2ccc(CNC(=O)c3cncc4cnccc34)cc2)C1. The maximum absolute atomic E-state index is 12.6. The zero-order chi connectivity index (χ0) is 19.3. The molecule has 1 aromatic carbocycles. The Morgan fingerprint density at radius 2 is 1.89 bits per heavy atom. The van der Waals surface area contributed by atoms with Crippen molar-refractivity contribution in [2.75, 3.05) is 13.1 Å². The standard InChI is InChI=1S/C23H26N4O/c1-17-3-2-10-27(15-17)16-19-6-4-18(5-7-19)11-26-23(28)22-14-25-13-20-12-24-9-8-21(20)22/h4-9,12-14,17H,2-3,10-11,15-16H2,1H3,(H,26,28). The molecule has 3 aromatic rings. The van der Waals surface area contributed by atoms with Crippen LogP contribution in [0.5, 0.6) is 0 Å². The second-order valence-electron chi connectivity index (χ2n) is 7.77. The Morgan fingerprint density at radius 1 is 1.11 bits per heavy atom. The third kappa shape index (κ3) is 4.37. The van der Waals surface area contributed by atoms with Gasteiger partial charge in [-0.15, -0.1) is 0 Å². The quantitative estimate of drug-likeness (QED) is 0.738. The van der Waals surface area contributed by atoms with Crippen LogP contribution < -0.4 is 5.32 Å². The number of pyridine rings is 2. The van der Waals surface area contributed by atoms with E-state index in [0.717, 1.165) is 28.8 Å². The second kappa shape index (κ2) is 8.48. The summed E-state index contributed by atoms with van der Waals surface area (Å²) in [4.78, 5) is 23.4. The van der Waals surface area contributed by atoms with Crippen LogP contribution in [-0.4, -0.2) is 33.9 Å². The normalized spacial score (nSPS) is 17.5. The fourth-order valence-corrected chi connectivity index (χ4v) is 3.93. The van der Waals surface area contributed by atoms with Crippen LogP contribution in [0.1, 0.15) is 41.3 Å². The van der Waals surface area contributed by atoms with E-state index in [1.165, 1.54) is 31.5 Å². The lowest BCUT2D eigenvalue weighted by Crippen LogP contribution is -2.33. The number of piperidine rings is 1. The predicted molar refractivity (Wildman–Crippen MR) is 111 cm³/mol. The first-order valence-corrected chi connectivity index (χ1v) is 9.95. The molecule has 0 aliphatic carbocycles. The average molecular weight is 374 g/mol. The Balaban J connectivity index is 1.36. The number of likely N-dealkylation sites (tertiary alicyclic amines) is 1. The van der Waals surface area contributed by atoms with Crippen LogP contribution in [0.15, 0.2) is 55.1 Å². The molecule has 1 fully saturated rings. The third-order valence-electron chi connectivity index (χ3n) is 5.43. The number of nitrogens with zero attached hydrogens (tertiary/aromatic N) is 3. The minimum atomic E-state index is -0.115. The zero-order valence-corrected chi connectivity index (χ0v) is 16.3. The fraction of sp³-hybridized carbons (Fsp3) is 0.348. The van der Waals surface area contributed by atoms with Gasteiger partial charge in [0.25, 0.3) is 5.91 Å². The second-order valence-corrected chi connectivity index (χ2v) is 7.77. The first-order chi connectivity index (χ1) is 13.7. The van der Waals surface area contributed by atoms with E-state index in [1.54, 1.807) is 24.8 Å². The highest BCUT2D eigenvalue weighted by Gasteiger charge is 2.16. The Morgan fingerprint density at radius 3 is 2.71 bits per heavy atom. The predicted octanol–water partition coefficient (Wildman–Crippen LogP) is 3.79. The molecule has 2 aromatic heterocycles. The van der Waals surface area contributed by atoms with Crippen molar-refractivity contribution in [3.63, 3.8) is 0 Å². The van der Waals surface area contributed by atoms with Gasteiger partial charge in [-0.25, -0.2) is 0 Å². The molecule has 5 nitrogen and oxygen atoms in total. The Hall–Kier alpha value is -2.79. The molecule has 1 amide bonds. The molecule has 0 saturated carbocycles. The highest BCUT2D eigenvalue weighted by atomic mass is 16.1. The smallest absolute Gasteiger partial charge is 0.253 e. The van der Waals surface area contributed by atoms with Crippen LogP contribution >= 0.6 is 0 Å². The number of hydrogen-bond acceptors (Lipinski definition) is 4. The molecule has 1 N–H and O–H groups in total. The van der Waals surface area contributed by atoms with E-state index in [2.05, 4.69) is 51.4 Å². The number of hydrogen-bond donors (Lipinski definition) is 1. The van der Waals surface area contributed by atoms with Crippen molar-refractivity contribution in [3.05, 3.63) is 71.8 Å². The van der Waals surface area contributed by atoms with Crippen molar-refractivity contribution in [2.24, 2.45) is 5.92 Å². The molecule has 5 heteroatoms. The van der Waals surface area contributed by atoms with Gasteiger partial charge in [-0.2, -0.15) is 0 Å². The van der Waals surface area contributed by atoms with Crippen molar-refractivity contribution in [2.45, 2.75) is 32.9 Å². The van der Waals surface area contributed by atoms with Crippen LogP contribution in [0.25, 0.3) is 10.8 Å². The molecule has 0 radical (unpaired) electrons. The summed E-state index contributed by atoms with van der Waals surface area (Å²) >= 11 is 0. The summed E-state index contributed by atoms with van der Waals surface area (Å²) < 4.78 is 0. The Labute approximate surface area is 165 Å². The van der Waals surface area contributed by atoms with Gasteiger partial charge < -0.3 is 5.32 Å². The first-order valence-electron chi connectivity index (χ1n) is 9.95. The van der Waals surface area contributed by atoms with Gasteiger partial charge in [0.15, 0.2) is 0 Å². The van der Waals surface area contributed by atoms with E-state index in [4.69, 9.17) is 0 Å². The topological polar surface area (TPSA) is 58.1 Å². The number of aromatic nitrogens is 2. The molecule has 144 valence electrons. The van der Waals surface area contributed by atoms with Gasteiger partial charge >= 0.3 is 0 Å². The number of fused-ring (bicyclic) bond motifs is 1. The molecule has 1 aliphatic heterocycles. The van der Waals surface area contributed by atoms with Crippen LogP contribution in [0.2, 0.25) is 0 Å². The molecule has 3 heterocycles. The number of carbonyl (C=O) groups is 1. The number of amides is 1. The van der Waals surface area contributed by atoms with Crippen molar-refractivity contribution >= 4 is 16.7 Å². The number of nitrogens with one attached hydrogen (secondary N) is 1. The van der Waals surface area contributed by atoms with E-state index in [-0.39, 0.29) is 5.91 Å². The van der Waals surface area contributed by atoms with Gasteiger partial charge in [0.05, 0.1) is 5.56 Å². The van der Waals surface area contributed by atoms with E-state index in [9.17, 15) is 4.79 Å². The third-order valence-corrected chi connectivity index (χ3v) is 5.43. The van der Waals surface area contributed by atoms with Gasteiger partial charge in [0, 0.05) is 55.2 Å². The van der Waals surface area contributed by atoms with Gasteiger partial charge in [-0.3, -0.25) is 19.7 Å². The minimum absolute atomic E-state index is 0.115. The average Bonchev–Trinajstić information content (AvgIpc) is 2.73. The number of carbonyl (C=O) groups excluding carboxylic acids is 1. The van der Waals surface area contributed by atoms with Crippen molar-refractivity contribution in [1.29, 1.82) is 0 Å². The molecular weight excluding hydrogens is 348 g/mol. The van der Waals surface area contributed by atoms with Crippen LogP contribution in [0, 0.1) is 5.92 Å². The van der Waals surface area contributed by atoms with Crippen LogP contribution in [0.4, 0.5) is 0 Å².